The molecule has 23 heavy (non-hydrogen) atoms. The number of phenols is 1. The number of carbonyl (C=O) groups is 1. The Morgan fingerprint density at radius 1 is 1.04 bits per heavy atom. The Hall–Kier alpha value is -3.01. The van der Waals surface area contributed by atoms with E-state index >= 15 is 0 Å². The number of carbonyl (C=O) groups excluding carboxylic acids is 1. The van der Waals surface area contributed by atoms with E-state index in [1.807, 2.05) is 24.3 Å². The van der Waals surface area contributed by atoms with E-state index in [1.54, 1.807) is 36.6 Å². The molecule has 116 valence electrons. The standard InChI is InChI=1S/C19H16O4/c20-17(10-9-15-7-4-12-22-15)14-8-11-19(18(21)13-14)23-16-5-2-1-3-6-16/h1-8,11-13,21H,9-10H2. The first kappa shape index (κ1) is 14.9. The highest BCUT2D eigenvalue weighted by molar-refractivity contribution is 5.96. The second-order valence-corrected chi connectivity index (χ2v) is 5.10. The topological polar surface area (TPSA) is 59.7 Å². The van der Waals surface area contributed by atoms with E-state index < -0.39 is 0 Å². The van der Waals surface area contributed by atoms with Crippen LogP contribution in [-0.4, -0.2) is 10.9 Å². The SMILES string of the molecule is O=C(CCc1ccco1)c1ccc(Oc2ccccc2)c(O)c1. The molecule has 2 aromatic carbocycles. The van der Waals surface area contributed by atoms with E-state index in [-0.39, 0.29) is 11.5 Å². The third kappa shape index (κ3) is 3.80. The summed E-state index contributed by atoms with van der Waals surface area (Å²) in [5, 5.41) is 10.1. The van der Waals surface area contributed by atoms with Gasteiger partial charge in [-0.1, -0.05) is 18.2 Å². The number of phenolic OH excluding ortho intramolecular Hbond substituents is 1. The Balaban J connectivity index is 1.67. The predicted molar refractivity (Wildman–Crippen MR) is 86.0 cm³/mol. The summed E-state index contributed by atoms with van der Waals surface area (Å²) in [5.41, 5.74) is 0.453. The van der Waals surface area contributed by atoms with Crippen molar-refractivity contribution in [3.05, 3.63) is 78.3 Å². The second-order valence-electron chi connectivity index (χ2n) is 5.10. The number of rotatable bonds is 6. The summed E-state index contributed by atoms with van der Waals surface area (Å²) >= 11 is 0. The zero-order valence-electron chi connectivity index (χ0n) is 12.4. The van der Waals surface area contributed by atoms with E-state index in [0.717, 1.165) is 5.76 Å². The molecule has 0 atom stereocenters. The minimum absolute atomic E-state index is 0.0528. The highest BCUT2D eigenvalue weighted by Crippen LogP contribution is 2.31. The van der Waals surface area contributed by atoms with Crippen molar-refractivity contribution >= 4 is 5.78 Å². The van der Waals surface area contributed by atoms with Gasteiger partial charge in [0.25, 0.3) is 0 Å². The van der Waals surface area contributed by atoms with Crippen molar-refractivity contribution in [1.29, 1.82) is 0 Å². The van der Waals surface area contributed by atoms with Gasteiger partial charge in [-0.05, 0) is 42.5 Å². The quantitative estimate of drug-likeness (QED) is 0.676. The minimum Gasteiger partial charge on any atom is -0.504 e. The molecule has 0 radical (unpaired) electrons. The maximum atomic E-state index is 12.2. The molecule has 0 spiro atoms. The van der Waals surface area contributed by atoms with Crippen molar-refractivity contribution in [1.82, 2.24) is 0 Å². The lowest BCUT2D eigenvalue weighted by molar-refractivity contribution is 0.0980. The largest absolute Gasteiger partial charge is 0.504 e. The smallest absolute Gasteiger partial charge is 0.169 e. The van der Waals surface area contributed by atoms with E-state index in [1.165, 1.54) is 6.07 Å². The average Bonchev–Trinajstić information content (AvgIpc) is 3.09. The van der Waals surface area contributed by atoms with E-state index in [2.05, 4.69) is 0 Å². The molecule has 1 N–H and O–H groups in total. The van der Waals surface area contributed by atoms with Crippen molar-refractivity contribution in [3.8, 4) is 17.2 Å². The Labute approximate surface area is 134 Å². The molecule has 0 aliphatic heterocycles. The number of Topliss-reactive ketones (excluding diaryl/α,β-unsaturated/α-hetero) is 1. The normalized spacial score (nSPS) is 10.4. The van der Waals surface area contributed by atoms with Gasteiger partial charge in [0, 0.05) is 18.4 Å². The van der Waals surface area contributed by atoms with Gasteiger partial charge < -0.3 is 14.3 Å². The molecule has 0 bridgehead atoms. The van der Waals surface area contributed by atoms with Crippen LogP contribution in [-0.2, 0) is 6.42 Å². The maximum Gasteiger partial charge on any atom is 0.169 e. The van der Waals surface area contributed by atoms with E-state index in [9.17, 15) is 9.90 Å². The number of hydrogen-bond acceptors (Lipinski definition) is 4. The van der Waals surface area contributed by atoms with Crippen LogP contribution in [0.15, 0.2) is 71.3 Å². The van der Waals surface area contributed by atoms with Crippen LogP contribution in [0.1, 0.15) is 22.5 Å². The van der Waals surface area contributed by atoms with Gasteiger partial charge in [-0.2, -0.15) is 0 Å². The molecular weight excluding hydrogens is 292 g/mol. The summed E-state index contributed by atoms with van der Waals surface area (Å²) < 4.78 is 10.8. The van der Waals surface area contributed by atoms with Crippen LogP contribution in [0.3, 0.4) is 0 Å². The Kier molecular flexibility index (Phi) is 4.43. The van der Waals surface area contributed by atoms with Crippen molar-refractivity contribution in [2.45, 2.75) is 12.8 Å². The van der Waals surface area contributed by atoms with Gasteiger partial charge in [-0.25, -0.2) is 0 Å². The maximum absolute atomic E-state index is 12.2. The molecule has 3 rings (SSSR count). The number of para-hydroxylation sites is 1. The summed E-state index contributed by atoms with van der Waals surface area (Å²) in [6, 6.07) is 17.5. The van der Waals surface area contributed by atoms with Crippen LogP contribution in [0, 0.1) is 0 Å². The fourth-order valence-corrected chi connectivity index (χ4v) is 2.23. The fraction of sp³-hybridized carbons (Fsp3) is 0.105. The minimum atomic E-state index is -0.0577. The van der Waals surface area contributed by atoms with Crippen LogP contribution in [0.4, 0.5) is 0 Å². The van der Waals surface area contributed by atoms with Crippen molar-refractivity contribution in [2.24, 2.45) is 0 Å². The zero-order chi connectivity index (χ0) is 16.1. The first-order valence-corrected chi connectivity index (χ1v) is 7.34. The number of furan rings is 1. The molecule has 3 aromatic rings. The number of ether oxygens (including phenoxy) is 1. The first-order chi connectivity index (χ1) is 11.2. The molecule has 4 nitrogen and oxygen atoms in total. The van der Waals surface area contributed by atoms with Crippen LogP contribution >= 0.6 is 0 Å². The third-order valence-electron chi connectivity index (χ3n) is 3.43. The zero-order valence-corrected chi connectivity index (χ0v) is 12.4. The number of ketones is 1. The summed E-state index contributed by atoms with van der Waals surface area (Å²) in [6.45, 7) is 0. The van der Waals surface area contributed by atoms with Crippen molar-refractivity contribution in [3.63, 3.8) is 0 Å². The van der Waals surface area contributed by atoms with Gasteiger partial charge in [0.05, 0.1) is 6.26 Å². The molecule has 0 saturated carbocycles. The lowest BCUT2D eigenvalue weighted by Gasteiger charge is -2.08. The molecule has 0 fully saturated rings. The Morgan fingerprint density at radius 3 is 2.57 bits per heavy atom. The molecule has 1 aromatic heterocycles. The lowest BCUT2D eigenvalue weighted by atomic mass is 10.1. The summed E-state index contributed by atoms with van der Waals surface area (Å²) in [4.78, 5) is 12.2. The second kappa shape index (κ2) is 6.83. The number of aromatic hydroxyl groups is 1. The molecule has 0 unspecified atom stereocenters. The average molecular weight is 308 g/mol. The predicted octanol–water partition coefficient (Wildman–Crippen LogP) is 4.59. The van der Waals surface area contributed by atoms with Gasteiger partial charge in [-0.3, -0.25) is 4.79 Å². The van der Waals surface area contributed by atoms with E-state index in [0.29, 0.717) is 29.9 Å². The van der Waals surface area contributed by atoms with Gasteiger partial charge in [-0.15, -0.1) is 0 Å². The van der Waals surface area contributed by atoms with Gasteiger partial charge >= 0.3 is 0 Å². The molecule has 0 aliphatic rings. The molecule has 0 saturated heterocycles. The van der Waals surface area contributed by atoms with Crippen molar-refractivity contribution in [2.75, 3.05) is 0 Å². The molecule has 4 heteroatoms. The highest BCUT2D eigenvalue weighted by Gasteiger charge is 2.11. The third-order valence-corrected chi connectivity index (χ3v) is 3.43. The Morgan fingerprint density at radius 2 is 1.87 bits per heavy atom. The summed E-state index contributed by atoms with van der Waals surface area (Å²) in [5.74, 6) is 1.60. The molecule has 0 aliphatic carbocycles. The monoisotopic (exact) mass is 308 g/mol. The van der Waals surface area contributed by atoms with Gasteiger partial charge in [0.15, 0.2) is 17.3 Å². The Bertz CT molecular complexity index is 776. The van der Waals surface area contributed by atoms with Crippen LogP contribution in [0.2, 0.25) is 0 Å². The van der Waals surface area contributed by atoms with Crippen LogP contribution in [0.5, 0.6) is 17.2 Å². The van der Waals surface area contributed by atoms with Crippen LogP contribution in [0.25, 0.3) is 0 Å². The van der Waals surface area contributed by atoms with Crippen molar-refractivity contribution < 1.29 is 19.1 Å². The molecular formula is C19H16O4. The highest BCUT2D eigenvalue weighted by atomic mass is 16.5. The molecule has 1 heterocycles. The number of hydrogen-bond donors (Lipinski definition) is 1. The molecule has 0 amide bonds. The number of benzene rings is 2. The fourth-order valence-electron chi connectivity index (χ4n) is 2.23. The van der Waals surface area contributed by atoms with Gasteiger partial charge in [0.1, 0.15) is 11.5 Å². The summed E-state index contributed by atoms with van der Waals surface area (Å²) in [7, 11) is 0. The lowest BCUT2D eigenvalue weighted by Crippen LogP contribution is -2.01. The number of aryl methyl sites for hydroxylation is 1. The first-order valence-electron chi connectivity index (χ1n) is 7.34. The van der Waals surface area contributed by atoms with Gasteiger partial charge in [0.2, 0.25) is 0 Å². The van der Waals surface area contributed by atoms with E-state index in [4.69, 9.17) is 9.15 Å². The summed E-state index contributed by atoms with van der Waals surface area (Å²) in [6.07, 6.45) is 2.45. The van der Waals surface area contributed by atoms with Crippen LogP contribution < -0.4 is 4.74 Å².